The molecular weight excluding hydrogens is 499 g/mol. The number of ketones is 1. The predicted molar refractivity (Wildman–Crippen MR) is 135 cm³/mol. The van der Waals surface area contributed by atoms with Crippen LogP contribution in [0.25, 0.3) is 0 Å². The summed E-state index contributed by atoms with van der Waals surface area (Å²) in [5, 5.41) is -0.0471. The molecule has 1 aromatic carbocycles. The van der Waals surface area contributed by atoms with Crippen LogP contribution < -0.4 is 0 Å². The number of piperidine rings is 2. The van der Waals surface area contributed by atoms with Crippen LogP contribution in [0.15, 0.2) is 29.5 Å². The van der Waals surface area contributed by atoms with Gasteiger partial charge >= 0.3 is 0 Å². The van der Waals surface area contributed by atoms with Crippen LogP contribution in [0, 0.1) is 11.7 Å². The molecule has 0 aromatic heterocycles. The lowest BCUT2D eigenvalue weighted by Crippen LogP contribution is -2.57. The number of benzene rings is 1. The molecule has 1 aromatic rings. The fraction of sp³-hybridized carbons (Fsp3) is 0.556. The monoisotopic (exact) mass is 530 g/mol. The Balaban J connectivity index is 1.40. The van der Waals surface area contributed by atoms with Crippen molar-refractivity contribution in [2.24, 2.45) is 5.92 Å². The first-order valence-electron chi connectivity index (χ1n) is 13.2. The molecule has 0 aliphatic carbocycles. The Morgan fingerprint density at radius 1 is 0.838 bits per heavy atom. The molecule has 4 aliphatic rings. The predicted octanol–water partition coefficient (Wildman–Crippen LogP) is 2.60. The number of halogens is 2. The molecule has 3 saturated heterocycles. The first-order valence-corrected chi connectivity index (χ1v) is 13.6. The van der Waals surface area contributed by atoms with Gasteiger partial charge in [-0.05, 0) is 68.5 Å². The van der Waals surface area contributed by atoms with E-state index in [4.69, 9.17) is 11.6 Å². The summed E-state index contributed by atoms with van der Waals surface area (Å²) in [6.45, 7) is 4.71. The van der Waals surface area contributed by atoms with Gasteiger partial charge in [-0.15, -0.1) is 0 Å². The van der Waals surface area contributed by atoms with Gasteiger partial charge in [-0.25, -0.2) is 4.39 Å². The molecule has 0 saturated carbocycles. The van der Waals surface area contributed by atoms with Gasteiger partial charge in [0.25, 0.3) is 11.8 Å². The van der Waals surface area contributed by atoms with Gasteiger partial charge in [0.1, 0.15) is 17.4 Å². The summed E-state index contributed by atoms with van der Waals surface area (Å²) in [5.41, 5.74) is 1.31. The molecule has 3 fully saturated rings. The number of fused-ring (bicyclic) bond motifs is 2. The fourth-order valence-electron chi connectivity index (χ4n) is 5.86. The summed E-state index contributed by atoms with van der Waals surface area (Å²) in [5.74, 6) is -4.15. The van der Waals surface area contributed by atoms with Crippen LogP contribution in [-0.4, -0.2) is 88.9 Å². The SMILES string of the molecule is O=C1C(=O)N2CCCCN(CCN3CCCCC3)C(=O)C2=C2CCN(Cc3ccc(F)c(Cl)c3)C(=O)C12. The third-order valence-electron chi connectivity index (χ3n) is 7.89. The van der Waals surface area contributed by atoms with E-state index in [9.17, 15) is 23.6 Å². The first-order chi connectivity index (χ1) is 17.8. The minimum atomic E-state index is -1.28. The van der Waals surface area contributed by atoms with Crippen LogP contribution in [0.5, 0.6) is 0 Å². The molecule has 37 heavy (non-hydrogen) atoms. The topological polar surface area (TPSA) is 81.2 Å². The van der Waals surface area contributed by atoms with E-state index in [1.165, 1.54) is 34.4 Å². The summed E-state index contributed by atoms with van der Waals surface area (Å²) < 4.78 is 13.6. The number of amides is 3. The average molecular weight is 531 g/mol. The number of Topliss-reactive ketones (excluding diaryl/α,β-unsaturated/α-hetero) is 1. The second-order valence-electron chi connectivity index (χ2n) is 10.3. The van der Waals surface area contributed by atoms with Gasteiger partial charge < -0.3 is 19.6 Å². The highest BCUT2D eigenvalue weighted by atomic mass is 35.5. The lowest BCUT2D eigenvalue weighted by Gasteiger charge is -2.42. The Labute approximate surface area is 221 Å². The van der Waals surface area contributed by atoms with Crippen molar-refractivity contribution in [1.29, 1.82) is 0 Å². The van der Waals surface area contributed by atoms with E-state index in [1.807, 2.05) is 0 Å². The quantitative estimate of drug-likeness (QED) is 0.432. The Morgan fingerprint density at radius 3 is 2.32 bits per heavy atom. The van der Waals surface area contributed by atoms with E-state index in [2.05, 4.69) is 4.90 Å². The van der Waals surface area contributed by atoms with Gasteiger partial charge in [0, 0.05) is 39.3 Å². The Hall–Kier alpha value is -2.78. The largest absolute Gasteiger partial charge is 0.337 e. The van der Waals surface area contributed by atoms with Crippen molar-refractivity contribution in [3.05, 3.63) is 45.9 Å². The molecule has 1 atom stereocenters. The minimum Gasteiger partial charge on any atom is -0.337 e. The highest BCUT2D eigenvalue weighted by molar-refractivity contribution is 6.43. The van der Waals surface area contributed by atoms with Gasteiger partial charge in [0.15, 0.2) is 0 Å². The second-order valence-corrected chi connectivity index (χ2v) is 10.7. The van der Waals surface area contributed by atoms with Crippen LogP contribution in [0.1, 0.15) is 44.1 Å². The lowest BCUT2D eigenvalue weighted by molar-refractivity contribution is -0.154. The van der Waals surface area contributed by atoms with E-state index in [-0.39, 0.29) is 23.2 Å². The third-order valence-corrected chi connectivity index (χ3v) is 8.18. The molecule has 4 aliphatic heterocycles. The van der Waals surface area contributed by atoms with Crippen molar-refractivity contribution < 1.29 is 23.6 Å². The number of rotatable bonds is 5. The normalized spacial score (nSPS) is 23.7. The number of carbonyl (C=O) groups is 4. The van der Waals surface area contributed by atoms with Crippen molar-refractivity contribution in [1.82, 2.24) is 19.6 Å². The van der Waals surface area contributed by atoms with Crippen LogP contribution in [-0.2, 0) is 25.7 Å². The zero-order chi connectivity index (χ0) is 26.1. The number of carbonyl (C=O) groups excluding carboxylic acids is 4. The summed E-state index contributed by atoms with van der Waals surface area (Å²) in [4.78, 5) is 60.6. The number of likely N-dealkylation sites (tertiary alicyclic amines) is 2. The molecule has 4 heterocycles. The zero-order valence-corrected chi connectivity index (χ0v) is 21.6. The van der Waals surface area contributed by atoms with E-state index in [0.717, 1.165) is 38.9 Å². The highest BCUT2D eigenvalue weighted by Gasteiger charge is 2.50. The molecule has 8 nitrogen and oxygen atoms in total. The van der Waals surface area contributed by atoms with Crippen molar-refractivity contribution in [2.75, 3.05) is 45.8 Å². The number of nitrogens with zero attached hydrogens (tertiary/aromatic N) is 4. The second kappa shape index (κ2) is 10.9. The van der Waals surface area contributed by atoms with Gasteiger partial charge in [-0.3, -0.25) is 19.2 Å². The van der Waals surface area contributed by atoms with Crippen LogP contribution in [0.2, 0.25) is 5.02 Å². The van der Waals surface area contributed by atoms with Crippen molar-refractivity contribution in [3.8, 4) is 0 Å². The molecular formula is C27H32ClFN4O4. The maximum absolute atomic E-state index is 13.8. The smallest absolute Gasteiger partial charge is 0.295 e. The molecule has 10 heteroatoms. The van der Waals surface area contributed by atoms with E-state index >= 15 is 0 Å². The summed E-state index contributed by atoms with van der Waals surface area (Å²) >= 11 is 5.90. The van der Waals surface area contributed by atoms with Crippen LogP contribution in [0.4, 0.5) is 4.39 Å². The van der Waals surface area contributed by atoms with Gasteiger partial charge in [0.2, 0.25) is 11.7 Å². The van der Waals surface area contributed by atoms with E-state index < -0.39 is 29.3 Å². The molecule has 0 spiro atoms. The van der Waals surface area contributed by atoms with Crippen LogP contribution >= 0.6 is 11.6 Å². The van der Waals surface area contributed by atoms with Crippen LogP contribution in [0.3, 0.4) is 0 Å². The third kappa shape index (κ3) is 5.16. The molecule has 198 valence electrons. The Bertz CT molecular complexity index is 1150. The van der Waals surface area contributed by atoms with Gasteiger partial charge in [0.05, 0.1) is 5.02 Å². The van der Waals surface area contributed by atoms with Gasteiger partial charge in [-0.1, -0.05) is 24.1 Å². The number of hydrogen-bond donors (Lipinski definition) is 0. The molecule has 5 rings (SSSR count). The minimum absolute atomic E-state index is 0.0471. The average Bonchev–Trinajstić information content (AvgIpc) is 2.89. The zero-order valence-electron chi connectivity index (χ0n) is 20.9. The van der Waals surface area contributed by atoms with E-state index in [1.54, 1.807) is 4.90 Å². The maximum atomic E-state index is 13.8. The summed E-state index contributed by atoms with van der Waals surface area (Å²) in [6.07, 6.45) is 5.32. The Kier molecular flexibility index (Phi) is 7.62. The van der Waals surface area contributed by atoms with Crippen molar-refractivity contribution in [3.63, 3.8) is 0 Å². The molecule has 1 unspecified atom stereocenters. The standard InChI is InChI=1S/C27H32ClFN4O4/c28-20-16-18(6-7-21(20)29)17-32-13-8-19-22(25(32)35)24(34)27(37)33-12-5-4-11-31(26(36)23(19)33)15-14-30-9-2-1-3-10-30/h6-7,16,22H,1-5,8-15,17H2. The highest BCUT2D eigenvalue weighted by Crippen LogP contribution is 2.36. The molecule has 0 bridgehead atoms. The maximum Gasteiger partial charge on any atom is 0.295 e. The summed E-state index contributed by atoms with van der Waals surface area (Å²) in [6, 6.07) is 4.22. The molecule has 0 radical (unpaired) electrons. The van der Waals surface area contributed by atoms with Crippen molar-refractivity contribution >= 4 is 35.1 Å². The first kappa shape index (κ1) is 25.9. The Morgan fingerprint density at radius 2 is 1.57 bits per heavy atom. The number of hydrogen-bond acceptors (Lipinski definition) is 5. The van der Waals surface area contributed by atoms with Gasteiger partial charge in [-0.2, -0.15) is 0 Å². The molecule has 3 amide bonds. The fourth-order valence-corrected chi connectivity index (χ4v) is 6.07. The van der Waals surface area contributed by atoms with Crippen molar-refractivity contribution in [2.45, 2.75) is 45.1 Å². The summed E-state index contributed by atoms with van der Waals surface area (Å²) in [7, 11) is 0. The lowest BCUT2D eigenvalue weighted by atomic mass is 9.81. The van der Waals surface area contributed by atoms with E-state index in [0.29, 0.717) is 50.2 Å². The molecule has 0 N–H and O–H groups in total.